The molecule has 1 atom stereocenters. The molecule has 0 spiro atoms. The highest BCUT2D eigenvalue weighted by atomic mass is 16.2. The summed E-state index contributed by atoms with van der Waals surface area (Å²) in [6.45, 7) is 2.72. The number of nitrogens with zero attached hydrogens (tertiary/aromatic N) is 4. The van der Waals surface area contributed by atoms with Crippen molar-refractivity contribution in [1.82, 2.24) is 14.9 Å². The van der Waals surface area contributed by atoms with Crippen LogP contribution in [0.3, 0.4) is 0 Å². The van der Waals surface area contributed by atoms with E-state index in [1.807, 2.05) is 29.2 Å². The maximum Gasteiger partial charge on any atom is 0.226 e. The Morgan fingerprint density at radius 2 is 1.68 bits per heavy atom. The van der Waals surface area contributed by atoms with E-state index in [0.29, 0.717) is 45.0 Å². The molecular weight excluding hydrogens is 316 g/mol. The van der Waals surface area contributed by atoms with Crippen LogP contribution in [0.1, 0.15) is 22.3 Å². The highest BCUT2D eigenvalue weighted by Gasteiger charge is 2.33. The van der Waals surface area contributed by atoms with Crippen molar-refractivity contribution >= 4 is 17.6 Å². The topological polar surface area (TPSA) is 66.4 Å². The number of amides is 1. The van der Waals surface area contributed by atoms with Gasteiger partial charge in [-0.25, -0.2) is 9.97 Å². The van der Waals surface area contributed by atoms with Crippen LogP contribution < -0.4 is 4.90 Å². The van der Waals surface area contributed by atoms with Gasteiger partial charge in [0.2, 0.25) is 11.9 Å². The quantitative estimate of drug-likeness (QED) is 0.833. The summed E-state index contributed by atoms with van der Waals surface area (Å²) >= 11 is 0. The largest absolute Gasteiger partial charge is 0.339 e. The highest BCUT2D eigenvalue weighted by molar-refractivity contribution is 6.01. The molecule has 0 radical (unpaired) electrons. The van der Waals surface area contributed by atoms with Crippen LogP contribution in [0.15, 0.2) is 42.7 Å². The van der Waals surface area contributed by atoms with E-state index in [1.165, 1.54) is 0 Å². The van der Waals surface area contributed by atoms with Crippen molar-refractivity contribution in [1.29, 1.82) is 0 Å². The van der Waals surface area contributed by atoms with Crippen molar-refractivity contribution in [2.45, 2.75) is 12.8 Å². The van der Waals surface area contributed by atoms with Gasteiger partial charge in [-0.05, 0) is 18.1 Å². The number of hydrogen-bond acceptors (Lipinski definition) is 5. The molecular formula is C19H20N4O2. The minimum absolute atomic E-state index is 0.0801. The molecule has 6 heteroatoms. The van der Waals surface area contributed by atoms with Crippen molar-refractivity contribution in [3.05, 3.63) is 53.9 Å². The lowest BCUT2D eigenvalue weighted by Crippen LogP contribution is -2.51. The molecule has 1 saturated heterocycles. The average Bonchev–Trinajstić information content (AvgIpc) is 2.68. The minimum Gasteiger partial charge on any atom is -0.339 e. The summed E-state index contributed by atoms with van der Waals surface area (Å²) in [5.41, 5.74) is 1.77. The molecule has 0 N–H and O–H groups in total. The Morgan fingerprint density at radius 3 is 2.44 bits per heavy atom. The van der Waals surface area contributed by atoms with Crippen LogP contribution in [0, 0.1) is 5.92 Å². The normalized spacial score (nSPS) is 20.3. The number of rotatable bonds is 2. The second-order valence-corrected chi connectivity index (χ2v) is 6.55. The average molecular weight is 336 g/mol. The van der Waals surface area contributed by atoms with Gasteiger partial charge in [0.05, 0.1) is 0 Å². The zero-order valence-electron chi connectivity index (χ0n) is 14.0. The Morgan fingerprint density at radius 1 is 0.960 bits per heavy atom. The number of anilines is 1. The molecule has 1 unspecified atom stereocenters. The van der Waals surface area contributed by atoms with Crippen molar-refractivity contribution in [3.8, 4) is 0 Å². The smallest absolute Gasteiger partial charge is 0.226 e. The third kappa shape index (κ3) is 3.12. The van der Waals surface area contributed by atoms with E-state index < -0.39 is 0 Å². The number of piperazine rings is 1. The Labute approximate surface area is 146 Å². The van der Waals surface area contributed by atoms with E-state index in [9.17, 15) is 9.59 Å². The fourth-order valence-electron chi connectivity index (χ4n) is 3.66. The molecule has 0 bridgehead atoms. The van der Waals surface area contributed by atoms with Gasteiger partial charge in [0, 0.05) is 56.5 Å². The van der Waals surface area contributed by atoms with Crippen molar-refractivity contribution < 1.29 is 9.59 Å². The Kier molecular flexibility index (Phi) is 4.17. The van der Waals surface area contributed by atoms with Crippen LogP contribution in [-0.4, -0.2) is 52.7 Å². The SMILES string of the molecule is O=C1CC(C(=O)N2CCN(c3ncccn3)CC2)Cc2ccccc21. The standard InChI is InChI=1S/C19H20N4O2/c24-17-13-15(12-14-4-1-2-5-16(14)17)18(25)22-8-10-23(11-9-22)19-20-6-3-7-21-19/h1-7,15H,8-13H2. The second-order valence-electron chi connectivity index (χ2n) is 6.55. The lowest BCUT2D eigenvalue weighted by atomic mass is 9.82. The van der Waals surface area contributed by atoms with E-state index in [1.54, 1.807) is 18.5 Å². The number of aromatic nitrogens is 2. The number of ketones is 1. The summed E-state index contributed by atoms with van der Waals surface area (Å²) in [5.74, 6) is 0.645. The first-order chi connectivity index (χ1) is 12.2. The lowest BCUT2D eigenvalue weighted by molar-refractivity contribution is -0.135. The third-order valence-corrected chi connectivity index (χ3v) is 4.99. The number of fused-ring (bicyclic) bond motifs is 1. The predicted octanol–water partition coefficient (Wildman–Crippen LogP) is 1.57. The number of benzene rings is 1. The van der Waals surface area contributed by atoms with Gasteiger partial charge < -0.3 is 9.80 Å². The summed E-state index contributed by atoms with van der Waals surface area (Å²) in [6, 6.07) is 9.41. The van der Waals surface area contributed by atoms with Crippen LogP contribution >= 0.6 is 0 Å². The van der Waals surface area contributed by atoms with Gasteiger partial charge in [0.1, 0.15) is 0 Å². The van der Waals surface area contributed by atoms with Gasteiger partial charge >= 0.3 is 0 Å². The Bertz CT molecular complexity index is 785. The number of carbonyl (C=O) groups excluding carboxylic acids is 2. The molecule has 1 aliphatic heterocycles. The fourth-order valence-corrected chi connectivity index (χ4v) is 3.66. The molecule has 1 aliphatic carbocycles. The molecule has 1 fully saturated rings. The predicted molar refractivity (Wildman–Crippen MR) is 93.4 cm³/mol. The summed E-state index contributed by atoms with van der Waals surface area (Å²) in [7, 11) is 0. The van der Waals surface area contributed by atoms with Crippen molar-refractivity contribution in [2.24, 2.45) is 5.92 Å². The first kappa shape index (κ1) is 15.7. The Hall–Kier alpha value is -2.76. The van der Waals surface area contributed by atoms with Gasteiger partial charge in [0.15, 0.2) is 5.78 Å². The lowest BCUT2D eigenvalue weighted by Gasteiger charge is -2.37. The Balaban J connectivity index is 1.41. The molecule has 2 aliphatic rings. The van der Waals surface area contributed by atoms with Crippen LogP contribution in [0.25, 0.3) is 0 Å². The molecule has 0 saturated carbocycles. The fraction of sp³-hybridized carbons (Fsp3) is 0.368. The molecule has 2 aromatic rings. The van der Waals surface area contributed by atoms with Gasteiger partial charge in [-0.3, -0.25) is 9.59 Å². The van der Waals surface area contributed by atoms with E-state index in [-0.39, 0.29) is 17.6 Å². The van der Waals surface area contributed by atoms with E-state index in [0.717, 1.165) is 11.1 Å². The van der Waals surface area contributed by atoms with E-state index in [2.05, 4.69) is 14.9 Å². The zero-order chi connectivity index (χ0) is 17.2. The van der Waals surface area contributed by atoms with Crippen molar-refractivity contribution in [2.75, 3.05) is 31.1 Å². The van der Waals surface area contributed by atoms with Crippen molar-refractivity contribution in [3.63, 3.8) is 0 Å². The molecule has 128 valence electrons. The number of carbonyl (C=O) groups is 2. The monoisotopic (exact) mass is 336 g/mol. The van der Waals surface area contributed by atoms with Gasteiger partial charge in [-0.2, -0.15) is 0 Å². The number of Topliss-reactive ketones (excluding diaryl/α,β-unsaturated/α-hetero) is 1. The summed E-state index contributed by atoms with van der Waals surface area (Å²) in [4.78, 5) is 37.7. The molecule has 1 amide bonds. The second kappa shape index (κ2) is 6.63. The first-order valence-corrected chi connectivity index (χ1v) is 8.64. The molecule has 1 aromatic carbocycles. The molecule has 6 nitrogen and oxygen atoms in total. The minimum atomic E-state index is -0.234. The van der Waals surface area contributed by atoms with Crippen LogP contribution in [0.2, 0.25) is 0 Å². The van der Waals surface area contributed by atoms with Gasteiger partial charge in [-0.15, -0.1) is 0 Å². The maximum atomic E-state index is 12.9. The number of hydrogen-bond donors (Lipinski definition) is 0. The maximum absolute atomic E-state index is 12.9. The van der Waals surface area contributed by atoms with Gasteiger partial charge in [-0.1, -0.05) is 24.3 Å². The summed E-state index contributed by atoms with van der Waals surface area (Å²) < 4.78 is 0. The first-order valence-electron chi connectivity index (χ1n) is 8.64. The van der Waals surface area contributed by atoms with E-state index >= 15 is 0 Å². The molecule has 2 heterocycles. The molecule has 25 heavy (non-hydrogen) atoms. The van der Waals surface area contributed by atoms with Crippen LogP contribution in [-0.2, 0) is 11.2 Å². The highest BCUT2D eigenvalue weighted by Crippen LogP contribution is 2.27. The molecule has 4 rings (SSSR count). The van der Waals surface area contributed by atoms with Gasteiger partial charge in [0.25, 0.3) is 0 Å². The molecule has 1 aromatic heterocycles. The van der Waals surface area contributed by atoms with Crippen LogP contribution in [0.5, 0.6) is 0 Å². The van der Waals surface area contributed by atoms with E-state index in [4.69, 9.17) is 0 Å². The zero-order valence-corrected chi connectivity index (χ0v) is 14.0. The summed E-state index contributed by atoms with van der Waals surface area (Å²) in [5, 5.41) is 0. The summed E-state index contributed by atoms with van der Waals surface area (Å²) in [6.07, 6.45) is 4.43. The van der Waals surface area contributed by atoms with Crippen LogP contribution in [0.4, 0.5) is 5.95 Å². The third-order valence-electron chi connectivity index (χ3n) is 4.99.